The van der Waals surface area contributed by atoms with E-state index in [1.807, 2.05) is 0 Å². The molecule has 0 aromatic carbocycles. The third-order valence-corrected chi connectivity index (χ3v) is 22.6. The van der Waals surface area contributed by atoms with Crippen molar-refractivity contribution in [2.45, 2.75) is 162 Å². The Labute approximate surface area is 221 Å². The molecule has 4 saturated carbocycles. The molecule has 8 atom stereocenters. The highest BCUT2D eigenvalue weighted by Gasteiger charge is 2.61. The molecule has 0 aromatic heterocycles. The van der Waals surface area contributed by atoms with Crippen molar-refractivity contribution >= 4 is 16.6 Å². The van der Waals surface area contributed by atoms with Crippen molar-refractivity contribution in [3.63, 3.8) is 0 Å². The van der Waals surface area contributed by atoms with Crippen molar-refractivity contribution in [2.75, 3.05) is 0 Å². The summed E-state index contributed by atoms with van der Waals surface area (Å²) in [6.07, 6.45) is 13.8. The fraction of sp³-hybridized carbons (Fsp3) is 1.00. The summed E-state index contributed by atoms with van der Waals surface area (Å²) in [5.74, 6) is 3.72. The Balaban J connectivity index is 1.46. The van der Waals surface area contributed by atoms with Crippen LogP contribution in [0.3, 0.4) is 0 Å². The van der Waals surface area contributed by atoms with E-state index in [4.69, 9.17) is 8.85 Å². The molecule has 35 heavy (non-hydrogen) atoms. The van der Waals surface area contributed by atoms with Crippen LogP contribution in [0.25, 0.3) is 0 Å². The van der Waals surface area contributed by atoms with Gasteiger partial charge < -0.3 is 8.85 Å². The molecule has 0 amide bonds. The minimum absolute atomic E-state index is 0.441. The predicted octanol–water partition coefficient (Wildman–Crippen LogP) is 9.81. The summed E-state index contributed by atoms with van der Waals surface area (Å²) < 4.78 is 14.3. The standard InChI is InChI=1S/C31H60O2Si2/c1-9-34(10-2,11-3)32-25-19-21-30(7)24(23-25)15-16-26-27-17-18-29(31(27,8)22-20-28(26)30)33-35(12-4,13-5)14-6/h24-29H,9-23H2,1-8H3/t24-,25-,26-,27-,28-,29-,30-,31-/m0/s1. The van der Waals surface area contributed by atoms with Crippen molar-refractivity contribution in [1.82, 2.24) is 0 Å². The van der Waals surface area contributed by atoms with Gasteiger partial charge in [0.05, 0.1) is 6.10 Å². The second-order valence-electron chi connectivity index (χ2n) is 13.9. The van der Waals surface area contributed by atoms with E-state index in [2.05, 4.69) is 55.4 Å². The Morgan fingerprint density at radius 3 is 1.74 bits per heavy atom. The van der Waals surface area contributed by atoms with E-state index in [0.717, 1.165) is 23.7 Å². The zero-order valence-electron chi connectivity index (χ0n) is 24.9. The first-order valence-corrected chi connectivity index (χ1v) is 21.1. The van der Waals surface area contributed by atoms with Gasteiger partial charge in [0, 0.05) is 6.10 Å². The molecule has 4 aliphatic carbocycles. The van der Waals surface area contributed by atoms with Gasteiger partial charge in [-0.05, 0) is 129 Å². The van der Waals surface area contributed by atoms with Crippen LogP contribution in [-0.2, 0) is 8.85 Å². The first kappa shape index (κ1) is 28.4. The Morgan fingerprint density at radius 2 is 1.14 bits per heavy atom. The van der Waals surface area contributed by atoms with E-state index in [9.17, 15) is 0 Å². The van der Waals surface area contributed by atoms with E-state index in [1.54, 1.807) is 0 Å². The summed E-state index contributed by atoms with van der Waals surface area (Å²) in [7, 11) is -3.04. The van der Waals surface area contributed by atoms with Crippen molar-refractivity contribution < 1.29 is 8.85 Å². The van der Waals surface area contributed by atoms with Crippen molar-refractivity contribution in [3.05, 3.63) is 0 Å². The summed E-state index contributed by atoms with van der Waals surface area (Å²) >= 11 is 0. The van der Waals surface area contributed by atoms with Crippen LogP contribution in [0.5, 0.6) is 0 Å². The van der Waals surface area contributed by atoms with Gasteiger partial charge >= 0.3 is 0 Å². The van der Waals surface area contributed by atoms with Gasteiger partial charge in [-0.3, -0.25) is 0 Å². The lowest BCUT2D eigenvalue weighted by Crippen LogP contribution is -2.56. The van der Waals surface area contributed by atoms with E-state index in [1.165, 1.54) is 94.1 Å². The van der Waals surface area contributed by atoms with Crippen molar-refractivity contribution in [1.29, 1.82) is 0 Å². The number of hydrogen-bond donors (Lipinski definition) is 0. The molecular weight excluding hydrogens is 461 g/mol. The molecule has 0 heterocycles. The fourth-order valence-corrected chi connectivity index (χ4v) is 16.0. The maximum atomic E-state index is 7.25. The van der Waals surface area contributed by atoms with Crippen LogP contribution >= 0.6 is 0 Å². The minimum Gasteiger partial charge on any atom is -0.414 e. The highest BCUT2D eigenvalue weighted by atomic mass is 28.4. The lowest BCUT2D eigenvalue weighted by Gasteiger charge is -2.61. The molecular formula is C31H60O2Si2. The van der Waals surface area contributed by atoms with Crippen molar-refractivity contribution in [3.8, 4) is 0 Å². The van der Waals surface area contributed by atoms with Gasteiger partial charge in [-0.1, -0.05) is 55.4 Å². The van der Waals surface area contributed by atoms with Crippen LogP contribution in [0.2, 0.25) is 36.3 Å². The SMILES string of the molecule is CC[Si](CC)(CC)O[C@H]1CC[C@@]2(C)[C@@H](CC[C@@H]3[C@@H]2CC[C@]2(C)[C@@H](O[Si](CC)(CC)CC)CC[C@@H]32)C1. The molecule has 0 spiro atoms. The summed E-state index contributed by atoms with van der Waals surface area (Å²) in [6, 6.07) is 7.78. The monoisotopic (exact) mass is 520 g/mol. The lowest BCUT2D eigenvalue weighted by molar-refractivity contribution is -0.130. The second-order valence-corrected chi connectivity index (χ2v) is 23.3. The second kappa shape index (κ2) is 10.8. The van der Waals surface area contributed by atoms with Gasteiger partial charge in [0.1, 0.15) is 0 Å². The van der Waals surface area contributed by atoms with Gasteiger partial charge in [0.2, 0.25) is 0 Å². The highest BCUT2D eigenvalue weighted by Crippen LogP contribution is 2.67. The van der Waals surface area contributed by atoms with Crippen LogP contribution in [0, 0.1) is 34.5 Å². The molecule has 4 heteroatoms. The normalized spacial score (nSPS) is 41.8. The Morgan fingerprint density at radius 1 is 0.600 bits per heavy atom. The maximum absolute atomic E-state index is 7.25. The van der Waals surface area contributed by atoms with Gasteiger partial charge in [-0.15, -0.1) is 0 Å². The molecule has 2 nitrogen and oxygen atoms in total. The van der Waals surface area contributed by atoms with Gasteiger partial charge in [-0.25, -0.2) is 0 Å². The molecule has 4 rings (SSSR count). The lowest BCUT2D eigenvalue weighted by atomic mass is 9.45. The molecule has 204 valence electrons. The zero-order chi connectivity index (χ0) is 25.5. The summed E-state index contributed by atoms with van der Waals surface area (Å²) in [5.41, 5.74) is 1.00. The summed E-state index contributed by atoms with van der Waals surface area (Å²) in [5, 5.41) is 0. The largest absolute Gasteiger partial charge is 0.414 e. The molecule has 0 aromatic rings. The molecule has 0 unspecified atom stereocenters. The van der Waals surface area contributed by atoms with Gasteiger partial charge in [-0.2, -0.15) is 0 Å². The third-order valence-electron chi connectivity index (χ3n) is 13.2. The molecule has 0 bridgehead atoms. The average molecular weight is 521 g/mol. The molecule has 4 aliphatic rings. The maximum Gasteiger partial charge on any atom is 0.192 e. The topological polar surface area (TPSA) is 18.5 Å². The quantitative estimate of drug-likeness (QED) is 0.267. The number of hydrogen-bond acceptors (Lipinski definition) is 2. The highest BCUT2D eigenvalue weighted by molar-refractivity contribution is 6.74. The van der Waals surface area contributed by atoms with Crippen LogP contribution in [-0.4, -0.2) is 28.8 Å². The molecule has 0 saturated heterocycles. The summed E-state index contributed by atoms with van der Waals surface area (Å²) in [4.78, 5) is 0. The predicted molar refractivity (Wildman–Crippen MR) is 156 cm³/mol. The van der Waals surface area contributed by atoms with E-state index < -0.39 is 16.6 Å². The molecule has 4 fully saturated rings. The average Bonchev–Trinajstić information content (AvgIpc) is 3.21. The van der Waals surface area contributed by atoms with Gasteiger partial charge in [0.25, 0.3) is 0 Å². The summed E-state index contributed by atoms with van der Waals surface area (Å²) in [6.45, 7) is 19.8. The van der Waals surface area contributed by atoms with Crippen LogP contribution in [0.4, 0.5) is 0 Å². The Kier molecular flexibility index (Phi) is 8.79. The fourth-order valence-electron chi connectivity index (χ4n) is 10.1. The van der Waals surface area contributed by atoms with Gasteiger partial charge in [0.15, 0.2) is 16.6 Å². The Hall–Kier alpha value is 0.354. The zero-order valence-corrected chi connectivity index (χ0v) is 26.9. The van der Waals surface area contributed by atoms with Crippen LogP contribution in [0.1, 0.15) is 113 Å². The van der Waals surface area contributed by atoms with Crippen LogP contribution < -0.4 is 0 Å². The van der Waals surface area contributed by atoms with Crippen LogP contribution in [0.15, 0.2) is 0 Å². The molecule has 0 N–H and O–H groups in total. The van der Waals surface area contributed by atoms with E-state index in [-0.39, 0.29) is 0 Å². The first-order chi connectivity index (χ1) is 16.7. The minimum atomic E-state index is -1.54. The van der Waals surface area contributed by atoms with E-state index >= 15 is 0 Å². The van der Waals surface area contributed by atoms with Crippen molar-refractivity contribution in [2.24, 2.45) is 34.5 Å². The number of rotatable bonds is 10. The molecule has 0 aliphatic heterocycles. The molecule has 0 radical (unpaired) electrons. The van der Waals surface area contributed by atoms with E-state index in [0.29, 0.717) is 23.0 Å². The Bertz CT molecular complexity index is 688. The first-order valence-electron chi connectivity index (χ1n) is 16.0. The number of fused-ring (bicyclic) bond motifs is 5. The smallest absolute Gasteiger partial charge is 0.192 e. The third kappa shape index (κ3) is 4.82.